The summed E-state index contributed by atoms with van der Waals surface area (Å²) in [6.45, 7) is 2.77. The minimum atomic E-state index is -4.87. The number of halogens is 6. The molecule has 3 aromatic carbocycles. The van der Waals surface area contributed by atoms with Crippen molar-refractivity contribution < 1.29 is 31.1 Å². The molecule has 1 aliphatic heterocycles. The molecule has 1 unspecified atom stereocenters. The van der Waals surface area contributed by atoms with Gasteiger partial charge in [0.15, 0.2) is 0 Å². The molecule has 1 radical (unpaired) electrons. The largest absolute Gasteiger partial charge is 0.497 e. The highest BCUT2D eigenvalue weighted by atomic mass is 19.4. The van der Waals surface area contributed by atoms with Crippen LogP contribution < -0.4 is 9.64 Å². The quantitative estimate of drug-likeness (QED) is 0.310. The van der Waals surface area contributed by atoms with Gasteiger partial charge in [-0.1, -0.05) is 36.4 Å². The minimum absolute atomic E-state index is 0.0295. The van der Waals surface area contributed by atoms with Crippen LogP contribution in [0.4, 0.5) is 32.0 Å². The molecule has 37 heavy (non-hydrogen) atoms. The molecule has 1 aliphatic rings. The van der Waals surface area contributed by atoms with Gasteiger partial charge in [-0.25, -0.2) is 0 Å². The zero-order valence-corrected chi connectivity index (χ0v) is 20.2. The zero-order chi connectivity index (χ0) is 26.6. The molecule has 3 nitrogen and oxygen atoms in total. The van der Waals surface area contributed by atoms with Crippen LogP contribution in [0.3, 0.4) is 0 Å². The Morgan fingerprint density at radius 1 is 0.784 bits per heavy atom. The fourth-order valence-corrected chi connectivity index (χ4v) is 4.60. The Morgan fingerprint density at radius 3 is 1.97 bits per heavy atom. The van der Waals surface area contributed by atoms with Gasteiger partial charge in [0, 0.05) is 44.0 Å². The van der Waals surface area contributed by atoms with E-state index in [1.165, 1.54) is 0 Å². The average Bonchev–Trinajstić information content (AvgIpc) is 2.88. The number of piperazine rings is 1. The van der Waals surface area contributed by atoms with Gasteiger partial charge in [-0.05, 0) is 54.3 Å². The van der Waals surface area contributed by atoms with Crippen LogP contribution in [0, 0.1) is 6.42 Å². The third-order valence-electron chi connectivity index (χ3n) is 6.49. The van der Waals surface area contributed by atoms with Crippen molar-refractivity contribution in [2.24, 2.45) is 0 Å². The molecule has 0 N–H and O–H groups in total. The molecule has 0 aliphatic carbocycles. The van der Waals surface area contributed by atoms with E-state index in [4.69, 9.17) is 4.74 Å². The van der Waals surface area contributed by atoms with E-state index >= 15 is 0 Å². The van der Waals surface area contributed by atoms with Crippen molar-refractivity contribution in [3.05, 3.63) is 101 Å². The Kier molecular flexibility index (Phi) is 8.02. The van der Waals surface area contributed by atoms with E-state index in [0.717, 1.165) is 29.1 Å². The summed E-state index contributed by atoms with van der Waals surface area (Å²) in [5, 5.41) is 0. The van der Waals surface area contributed by atoms with Gasteiger partial charge < -0.3 is 9.64 Å². The maximum Gasteiger partial charge on any atom is 0.416 e. The minimum Gasteiger partial charge on any atom is -0.497 e. The molecular weight excluding hydrogens is 494 g/mol. The lowest BCUT2D eigenvalue weighted by atomic mass is 9.95. The van der Waals surface area contributed by atoms with Crippen LogP contribution in [0.2, 0.25) is 0 Å². The predicted molar refractivity (Wildman–Crippen MR) is 130 cm³/mol. The lowest BCUT2D eigenvalue weighted by Crippen LogP contribution is -2.48. The van der Waals surface area contributed by atoms with Gasteiger partial charge in [0.2, 0.25) is 0 Å². The highest BCUT2D eigenvalue weighted by molar-refractivity contribution is 5.51. The summed E-state index contributed by atoms with van der Waals surface area (Å²) in [6, 6.07) is 18.7. The fourth-order valence-electron chi connectivity index (χ4n) is 4.60. The second-order valence-electron chi connectivity index (χ2n) is 8.93. The molecule has 9 heteroatoms. The maximum absolute atomic E-state index is 13.3. The molecule has 0 amide bonds. The molecular formula is C28H27F6N2O. The van der Waals surface area contributed by atoms with Gasteiger partial charge >= 0.3 is 12.4 Å². The summed E-state index contributed by atoms with van der Waals surface area (Å²) in [5.41, 5.74) is -0.663. The van der Waals surface area contributed by atoms with Gasteiger partial charge in [-0.15, -0.1) is 0 Å². The van der Waals surface area contributed by atoms with E-state index in [1.807, 2.05) is 54.6 Å². The Hall–Kier alpha value is -3.20. The highest BCUT2D eigenvalue weighted by Crippen LogP contribution is 2.37. The molecule has 4 rings (SSSR count). The van der Waals surface area contributed by atoms with Crippen LogP contribution in [0.5, 0.6) is 5.75 Å². The summed E-state index contributed by atoms with van der Waals surface area (Å²) >= 11 is 0. The number of ether oxygens (including phenoxy) is 1. The summed E-state index contributed by atoms with van der Waals surface area (Å²) in [7, 11) is 1.61. The Labute approximate surface area is 212 Å². The van der Waals surface area contributed by atoms with E-state index in [2.05, 4.69) is 9.80 Å². The third kappa shape index (κ3) is 6.77. The van der Waals surface area contributed by atoms with Gasteiger partial charge in [-0.2, -0.15) is 26.3 Å². The van der Waals surface area contributed by atoms with Gasteiger partial charge in [0.05, 0.1) is 18.2 Å². The summed E-state index contributed by atoms with van der Waals surface area (Å²) in [5.74, 6) is 0.759. The summed E-state index contributed by atoms with van der Waals surface area (Å²) in [4.78, 5) is 4.42. The maximum atomic E-state index is 13.3. The van der Waals surface area contributed by atoms with Gasteiger partial charge in [-0.3, -0.25) is 4.90 Å². The number of methoxy groups -OCH3 is 1. The second-order valence-corrected chi connectivity index (χ2v) is 8.93. The van der Waals surface area contributed by atoms with E-state index in [1.54, 1.807) is 13.5 Å². The Bertz CT molecular complexity index is 1140. The van der Waals surface area contributed by atoms with Crippen molar-refractivity contribution in [3.8, 4) is 5.75 Å². The smallest absolute Gasteiger partial charge is 0.416 e. The number of nitrogens with zero attached hydrogens (tertiary/aromatic N) is 2. The molecule has 1 atom stereocenters. The van der Waals surface area contributed by atoms with Crippen molar-refractivity contribution >= 4 is 5.69 Å². The second kappa shape index (κ2) is 11.0. The van der Waals surface area contributed by atoms with Crippen LogP contribution in [-0.4, -0.2) is 38.2 Å². The monoisotopic (exact) mass is 521 g/mol. The Balaban J connectivity index is 1.53. The standard InChI is InChI=1S/C28H27F6N2O/c1-37-25-9-5-8-24(19-25)35-12-14-36(15-13-35)26(21-6-3-2-4-7-21)11-10-20-16-22(27(29,30)31)18-23(17-20)28(32,33)34/h2-9,11,16-19,26H,10,12-15H2,1H3. The molecule has 1 fully saturated rings. The zero-order valence-electron chi connectivity index (χ0n) is 20.2. The topological polar surface area (TPSA) is 15.7 Å². The van der Waals surface area contributed by atoms with Crippen molar-refractivity contribution in [1.82, 2.24) is 4.90 Å². The SMILES string of the molecule is COc1cccc(N2CCN(C([CH]Cc3cc(C(F)(F)F)cc(C(F)(F)F)c3)c3ccccc3)CC2)c1. The first-order chi connectivity index (χ1) is 17.5. The number of anilines is 1. The summed E-state index contributed by atoms with van der Waals surface area (Å²) < 4.78 is 85.2. The number of alkyl halides is 6. The van der Waals surface area contributed by atoms with Crippen molar-refractivity contribution in [2.45, 2.75) is 24.8 Å². The molecule has 0 aromatic heterocycles. The first kappa shape index (κ1) is 26.9. The van der Waals surface area contributed by atoms with Crippen LogP contribution in [-0.2, 0) is 18.8 Å². The van der Waals surface area contributed by atoms with Crippen molar-refractivity contribution in [3.63, 3.8) is 0 Å². The van der Waals surface area contributed by atoms with Crippen molar-refractivity contribution in [2.75, 3.05) is 38.2 Å². The van der Waals surface area contributed by atoms with Crippen molar-refractivity contribution in [1.29, 1.82) is 0 Å². The first-order valence-electron chi connectivity index (χ1n) is 11.8. The molecule has 1 heterocycles. The van der Waals surface area contributed by atoms with E-state index in [0.29, 0.717) is 26.2 Å². The predicted octanol–water partition coefficient (Wildman–Crippen LogP) is 7.04. The van der Waals surface area contributed by atoms with Gasteiger partial charge in [0.1, 0.15) is 5.75 Å². The van der Waals surface area contributed by atoms with Gasteiger partial charge in [0.25, 0.3) is 0 Å². The number of hydrogen-bond acceptors (Lipinski definition) is 3. The third-order valence-corrected chi connectivity index (χ3v) is 6.49. The average molecular weight is 522 g/mol. The molecule has 3 aromatic rings. The highest BCUT2D eigenvalue weighted by Gasteiger charge is 2.37. The fraction of sp³-hybridized carbons (Fsp3) is 0.321. The van der Waals surface area contributed by atoms with Crippen LogP contribution >= 0.6 is 0 Å². The molecule has 197 valence electrons. The summed E-state index contributed by atoms with van der Waals surface area (Å²) in [6.07, 6.45) is -7.98. The van der Waals surface area contributed by atoms with Crippen LogP contribution in [0.1, 0.15) is 28.3 Å². The van der Waals surface area contributed by atoms with E-state index in [-0.39, 0.29) is 24.1 Å². The van der Waals surface area contributed by atoms with E-state index in [9.17, 15) is 26.3 Å². The first-order valence-corrected chi connectivity index (χ1v) is 11.8. The molecule has 1 saturated heterocycles. The molecule has 0 saturated carbocycles. The lowest BCUT2D eigenvalue weighted by Gasteiger charge is -2.40. The van der Waals surface area contributed by atoms with Crippen LogP contribution in [0.25, 0.3) is 0 Å². The molecule has 0 spiro atoms. The Morgan fingerprint density at radius 2 is 1.41 bits per heavy atom. The number of hydrogen-bond donors (Lipinski definition) is 0. The van der Waals surface area contributed by atoms with E-state index < -0.39 is 23.5 Å². The normalized spacial score (nSPS) is 16.0. The lowest BCUT2D eigenvalue weighted by molar-refractivity contribution is -0.143. The van der Waals surface area contributed by atoms with Crippen LogP contribution in [0.15, 0.2) is 72.8 Å². The number of benzene rings is 3. The molecule has 0 bridgehead atoms. The number of rotatable bonds is 7.